The minimum Gasteiger partial charge on any atom is -0.370 e. The van der Waals surface area contributed by atoms with E-state index in [2.05, 4.69) is 142 Å². The number of hydrogen-bond acceptors (Lipinski definition) is 1. The molecule has 0 unspecified atom stereocenters. The van der Waals surface area contributed by atoms with Gasteiger partial charge in [-0.15, -0.1) is 0 Å². The first kappa shape index (κ1) is 22.0. The summed E-state index contributed by atoms with van der Waals surface area (Å²) >= 11 is 0. The Morgan fingerprint density at radius 2 is 1.38 bits per heavy atom. The molecule has 0 bridgehead atoms. The zero-order valence-electron chi connectivity index (χ0n) is 20.3. The average molecular weight is 442 g/mol. The molecule has 0 fully saturated rings. The van der Waals surface area contributed by atoms with Crippen molar-refractivity contribution in [3.63, 3.8) is 0 Å². The minimum absolute atomic E-state index is 0.377. The number of nitrogens with zero attached hydrogens (tertiary/aromatic N) is 1. The molecule has 0 spiro atoms. The van der Waals surface area contributed by atoms with Crippen LogP contribution in [0.15, 0.2) is 116 Å². The molecular formula is C33H31N. The standard InChI is InChI=1S/C33H31N/c1-5-6-21-34(4)32-23-31-29(22-28(32)24(2)3)27-19-13-14-20-30(27)33(31,25-15-9-7-10-16-25)26-17-11-8-12-18-26/h5-20,22-23H,2,21H2,1,3-4H3/b6-5-. The van der Waals surface area contributed by atoms with Crippen molar-refractivity contribution < 1.29 is 0 Å². The second kappa shape index (κ2) is 8.83. The fourth-order valence-corrected chi connectivity index (χ4v) is 5.50. The van der Waals surface area contributed by atoms with Crippen molar-refractivity contribution in [1.82, 2.24) is 0 Å². The van der Waals surface area contributed by atoms with E-state index in [4.69, 9.17) is 0 Å². The van der Waals surface area contributed by atoms with E-state index < -0.39 is 0 Å². The lowest BCUT2D eigenvalue weighted by atomic mass is 9.67. The molecule has 0 aliphatic heterocycles. The van der Waals surface area contributed by atoms with Crippen molar-refractivity contribution in [2.24, 2.45) is 0 Å². The first-order chi connectivity index (χ1) is 16.6. The Bertz CT molecular complexity index is 1320. The van der Waals surface area contributed by atoms with Gasteiger partial charge in [0.05, 0.1) is 5.41 Å². The first-order valence-electron chi connectivity index (χ1n) is 12.0. The van der Waals surface area contributed by atoms with Crippen molar-refractivity contribution in [2.45, 2.75) is 19.3 Å². The SMILES string of the molecule is C=C(C)c1cc2c(cc1N(C)C/C=C\C)C(c1ccccc1)(c1ccccc1)c1ccccc1-2. The summed E-state index contributed by atoms with van der Waals surface area (Å²) in [6.07, 6.45) is 4.31. The lowest BCUT2D eigenvalue weighted by Gasteiger charge is -2.35. The summed E-state index contributed by atoms with van der Waals surface area (Å²) in [5.74, 6) is 0. The Balaban J connectivity index is 1.91. The van der Waals surface area contributed by atoms with Crippen molar-refractivity contribution >= 4 is 11.3 Å². The Kier molecular flexibility index (Phi) is 5.71. The molecule has 1 aliphatic carbocycles. The maximum absolute atomic E-state index is 4.34. The van der Waals surface area contributed by atoms with Crippen LogP contribution in [0.5, 0.6) is 0 Å². The van der Waals surface area contributed by atoms with Gasteiger partial charge in [-0.3, -0.25) is 0 Å². The summed E-state index contributed by atoms with van der Waals surface area (Å²) in [6.45, 7) is 9.37. The van der Waals surface area contributed by atoms with Crippen molar-refractivity contribution in [3.8, 4) is 11.1 Å². The smallest absolute Gasteiger partial charge is 0.0714 e. The molecule has 1 heteroatoms. The number of allylic oxidation sites excluding steroid dienone is 2. The first-order valence-corrected chi connectivity index (χ1v) is 12.0. The number of rotatable bonds is 6. The third-order valence-corrected chi connectivity index (χ3v) is 7.06. The van der Waals surface area contributed by atoms with E-state index in [0.29, 0.717) is 0 Å². The van der Waals surface area contributed by atoms with E-state index >= 15 is 0 Å². The number of benzene rings is 4. The summed E-state index contributed by atoms with van der Waals surface area (Å²) < 4.78 is 0. The fourth-order valence-electron chi connectivity index (χ4n) is 5.50. The van der Waals surface area contributed by atoms with Gasteiger partial charge in [0.1, 0.15) is 0 Å². The zero-order valence-corrected chi connectivity index (χ0v) is 20.3. The van der Waals surface area contributed by atoms with Crippen LogP contribution in [0.2, 0.25) is 0 Å². The van der Waals surface area contributed by atoms with Crippen LogP contribution in [0.1, 0.15) is 41.7 Å². The normalized spacial score (nSPS) is 13.5. The van der Waals surface area contributed by atoms with Gasteiger partial charge in [0.2, 0.25) is 0 Å². The lowest BCUT2D eigenvalue weighted by Crippen LogP contribution is -2.29. The van der Waals surface area contributed by atoms with E-state index in [1.165, 1.54) is 44.6 Å². The van der Waals surface area contributed by atoms with Gasteiger partial charge in [0, 0.05) is 24.8 Å². The van der Waals surface area contributed by atoms with E-state index in [1.54, 1.807) is 0 Å². The van der Waals surface area contributed by atoms with Crippen LogP contribution in [-0.2, 0) is 5.41 Å². The van der Waals surface area contributed by atoms with Gasteiger partial charge in [-0.25, -0.2) is 0 Å². The maximum Gasteiger partial charge on any atom is 0.0714 e. The highest BCUT2D eigenvalue weighted by Crippen LogP contribution is 2.57. The Labute approximate surface area is 203 Å². The van der Waals surface area contributed by atoms with Crippen LogP contribution in [0.3, 0.4) is 0 Å². The van der Waals surface area contributed by atoms with E-state index in [1.807, 2.05) is 0 Å². The molecule has 0 heterocycles. The average Bonchev–Trinajstić information content (AvgIpc) is 3.18. The Hall–Kier alpha value is -3.84. The summed E-state index contributed by atoms with van der Waals surface area (Å²) in [4.78, 5) is 2.33. The highest BCUT2D eigenvalue weighted by Gasteiger charge is 2.46. The quantitative estimate of drug-likeness (QED) is 0.241. The molecule has 1 aliphatic rings. The van der Waals surface area contributed by atoms with Crippen LogP contribution in [0.25, 0.3) is 16.7 Å². The van der Waals surface area contributed by atoms with Gasteiger partial charge < -0.3 is 4.90 Å². The lowest BCUT2D eigenvalue weighted by molar-refractivity contribution is 0.767. The number of fused-ring (bicyclic) bond motifs is 3. The van der Waals surface area contributed by atoms with Gasteiger partial charge in [-0.05, 0) is 64.9 Å². The van der Waals surface area contributed by atoms with Gasteiger partial charge in [-0.2, -0.15) is 0 Å². The monoisotopic (exact) mass is 441 g/mol. The van der Waals surface area contributed by atoms with Gasteiger partial charge >= 0.3 is 0 Å². The molecule has 0 saturated carbocycles. The fraction of sp³-hybridized carbons (Fsp3) is 0.152. The molecule has 4 aromatic carbocycles. The third-order valence-electron chi connectivity index (χ3n) is 7.06. The molecule has 1 nitrogen and oxygen atoms in total. The Morgan fingerprint density at radius 1 is 0.794 bits per heavy atom. The van der Waals surface area contributed by atoms with Crippen LogP contribution in [0, 0.1) is 0 Å². The second-order valence-corrected chi connectivity index (χ2v) is 9.17. The van der Waals surface area contributed by atoms with Crippen LogP contribution < -0.4 is 4.90 Å². The van der Waals surface area contributed by atoms with Gasteiger partial charge in [-0.1, -0.05) is 104 Å². The van der Waals surface area contributed by atoms with Crippen molar-refractivity contribution in [1.29, 1.82) is 0 Å². The molecule has 0 radical (unpaired) electrons. The number of anilines is 1. The summed E-state index contributed by atoms with van der Waals surface area (Å²) in [7, 11) is 2.17. The molecule has 0 amide bonds. The van der Waals surface area contributed by atoms with Crippen LogP contribution in [0.4, 0.5) is 5.69 Å². The molecule has 0 atom stereocenters. The van der Waals surface area contributed by atoms with Crippen molar-refractivity contribution in [3.05, 3.63) is 144 Å². The highest BCUT2D eigenvalue weighted by molar-refractivity contribution is 5.91. The molecule has 168 valence electrons. The molecule has 0 aromatic heterocycles. The summed E-state index contributed by atoms with van der Waals surface area (Å²) in [5.41, 5.74) is 11.0. The zero-order chi connectivity index (χ0) is 23.7. The van der Waals surface area contributed by atoms with E-state index in [-0.39, 0.29) is 5.41 Å². The highest BCUT2D eigenvalue weighted by atomic mass is 15.1. The summed E-state index contributed by atoms with van der Waals surface area (Å²) in [6, 6.07) is 35.6. The maximum atomic E-state index is 4.34. The molecule has 4 aromatic rings. The van der Waals surface area contributed by atoms with Gasteiger partial charge in [0.25, 0.3) is 0 Å². The van der Waals surface area contributed by atoms with Crippen LogP contribution >= 0.6 is 0 Å². The predicted molar refractivity (Wildman–Crippen MR) is 147 cm³/mol. The second-order valence-electron chi connectivity index (χ2n) is 9.17. The molecule has 5 rings (SSSR count). The van der Waals surface area contributed by atoms with Gasteiger partial charge in [0.15, 0.2) is 0 Å². The van der Waals surface area contributed by atoms with Crippen molar-refractivity contribution in [2.75, 3.05) is 18.5 Å². The topological polar surface area (TPSA) is 3.24 Å². The molecular weight excluding hydrogens is 410 g/mol. The summed E-state index contributed by atoms with van der Waals surface area (Å²) in [5, 5.41) is 0. The largest absolute Gasteiger partial charge is 0.370 e. The molecule has 0 N–H and O–H groups in total. The third kappa shape index (κ3) is 3.31. The van der Waals surface area contributed by atoms with E-state index in [0.717, 1.165) is 12.1 Å². The predicted octanol–water partition coefficient (Wildman–Crippen LogP) is 8.10. The molecule has 34 heavy (non-hydrogen) atoms. The molecule has 0 saturated heterocycles. The van der Waals surface area contributed by atoms with Crippen LogP contribution in [-0.4, -0.2) is 13.6 Å². The Morgan fingerprint density at radius 3 is 1.97 bits per heavy atom. The minimum atomic E-state index is -0.377. The van der Waals surface area contributed by atoms with E-state index in [9.17, 15) is 0 Å². The number of likely N-dealkylation sites (N-methyl/N-ethyl adjacent to an activating group) is 1. The number of hydrogen-bond donors (Lipinski definition) is 0.